The van der Waals surface area contributed by atoms with Gasteiger partial charge in [0.25, 0.3) is 5.91 Å². The summed E-state index contributed by atoms with van der Waals surface area (Å²) < 4.78 is 5.69. The summed E-state index contributed by atoms with van der Waals surface area (Å²) in [6.45, 7) is 2.72. The Bertz CT molecular complexity index is 959. The third kappa shape index (κ3) is 5.59. The molecule has 0 unspecified atom stereocenters. The third-order valence-electron chi connectivity index (χ3n) is 4.53. The van der Waals surface area contributed by atoms with Crippen LogP contribution in [0.5, 0.6) is 5.75 Å². The number of ether oxygens (including phenoxy) is 1. The minimum Gasteiger partial charge on any atom is -0.494 e. The number of halogens is 1. The third-order valence-corrected chi connectivity index (χ3v) is 4.77. The number of rotatable bonds is 8. The van der Waals surface area contributed by atoms with Gasteiger partial charge in [-0.1, -0.05) is 61.3 Å². The van der Waals surface area contributed by atoms with E-state index >= 15 is 0 Å². The van der Waals surface area contributed by atoms with Gasteiger partial charge in [0.05, 0.1) is 6.61 Å². The number of carbonyl (C=O) groups is 1. The molecule has 4 nitrogen and oxygen atoms in total. The van der Waals surface area contributed by atoms with Crippen molar-refractivity contribution in [2.24, 2.45) is 0 Å². The highest BCUT2D eigenvalue weighted by molar-refractivity contribution is 6.30. The highest BCUT2D eigenvalue weighted by atomic mass is 35.5. The first-order chi connectivity index (χ1) is 14.1. The van der Waals surface area contributed by atoms with Crippen molar-refractivity contribution in [3.63, 3.8) is 0 Å². The summed E-state index contributed by atoms with van der Waals surface area (Å²) in [4.78, 5) is 12.8. The van der Waals surface area contributed by atoms with E-state index in [4.69, 9.17) is 16.3 Å². The van der Waals surface area contributed by atoms with Gasteiger partial charge in [0.1, 0.15) is 11.9 Å². The number of carbonyl (C=O) groups excluding carboxylic acids is 1. The Morgan fingerprint density at radius 2 is 1.86 bits per heavy atom. The van der Waals surface area contributed by atoms with Crippen LogP contribution in [0, 0.1) is 0 Å². The quantitative estimate of drug-likeness (QED) is 0.458. The summed E-state index contributed by atoms with van der Waals surface area (Å²) >= 11 is 6.14. The molecule has 0 aliphatic rings. The van der Waals surface area contributed by atoms with Gasteiger partial charge in [-0.3, -0.25) is 4.79 Å². The minimum absolute atomic E-state index is 0.283. The molecule has 3 aromatic carbocycles. The van der Waals surface area contributed by atoms with Crippen LogP contribution in [0.1, 0.15) is 47.4 Å². The van der Waals surface area contributed by atoms with Gasteiger partial charge in [-0.25, -0.2) is 0 Å². The van der Waals surface area contributed by atoms with Gasteiger partial charge in [-0.15, -0.1) is 0 Å². The maximum Gasteiger partial charge on any atom is 0.255 e. The largest absolute Gasteiger partial charge is 0.494 e. The summed E-state index contributed by atoms with van der Waals surface area (Å²) in [7, 11) is 0. The second-order valence-electron chi connectivity index (χ2n) is 6.73. The van der Waals surface area contributed by atoms with Gasteiger partial charge >= 0.3 is 0 Å². The number of aliphatic hydroxyl groups is 1. The number of benzene rings is 3. The Hall–Kier alpha value is -2.82. The highest BCUT2D eigenvalue weighted by Crippen LogP contribution is 2.31. The minimum atomic E-state index is -0.908. The molecule has 3 rings (SSSR count). The molecular weight excluding hydrogens is 386 g/mol. The molecule has 1 amide bonds. The Kier molecular flexibility index (Phi) is 7.28. The Morgan fingerprint density at radius 1 is 1.07 bits per heavy atom. The van der Waals surface area contributed by atoms with Crippen molar-refractivity contribution in [3.05, 3.63) is 94.5 Å². The Balaban J connectivity index is 1.81. The monoisotopic (exact) mass is 409 g/mol. The molecule has 0 saturated carbocycles. The van der Waals surface area contributed by atoms with Gasteiger partial charge in [0.2, 0.25) is 0 Å². The number of anilines is 1. The van der Waals surface area contributed by atoms with E-state index in [0.29, 0.717) is 34.2 Å². The maximum absolute atomic E-state index is 12.8. The van der Waals surface area contributed by atoms with Crippen molar-refractivity contribution in [2.45, 2.75) is 25.9 Å². The normalized spacial score (nSPS) is 11.7. The fraction of sp³-hybridized carbons (Fsp3) is 0.208. The summed E-state index contributed by atoms with van der Waals surface area (Å²) in [5.41, 5.74) is 2.24. The van der Waals surface area contributed by atoms with E-state index in [1.807, 2.05) is 36.4 Å². The lowest BCUT2D eigenvalue weighted by molar-refractivity contribution is 0.102. The van der Waals surface area contributed by atoms with Crippen LogP contribution >= 0.6 is 11.6 Å². The van der Waals surface area contributed by atoms with E-state index in [1.165, 1.54) is 0 Å². The molecule has 0 radical (unpaired) electrons. The lowest BCUT2D eigenvalue weighted by Crippen LogP contribution is -2.15. The maximum atomic E-state index is 12.8. The van der Waals surface area contributed by atoms with E-state index in [9.17, 15) is 9.90 Å². The first-order valence-corrected chi connectivity index (χ1v) is 10.0. The predicted molar refractivity (Wildman–Crippen MR) is 117 cm³/mol. The van der Waals surface area contributed by atoms with Crippen molar-refractivity contribution in [1.29, 1.82) is 0 Å². The summed E-state index contributed by atoms with van der Waals surface area (Å²) in [5, 5.41) is 14.2. The lowest BCUT2D eigenvalue weighted by Gasteiger charge is -2.17. The summed E-state index contributed by atoms with van der Waals surface area (Å²) in [5.74, 6) is 0.376. The molecule has 0 bridgehead atoms. The molecule has 0 aliphatic heterocycles. The molecule has 0 saturated heterocycles. The molecule has 0 heterocycles. The second-order valence-corrected chi connectivity index (χ2v) is 7.17. The van der Waals surface area contributed by atoms with Gasteiger partial charge in [0.15, 0.2) is 0 Å². The van der Waals surface area contributed by atoms with Crippen LogP contribution in [-0.4, -0.2) is 17.6 Å². The van der Waals surface area contributed by atoms with Crippen LogP contribution < -0.4 is 10.1 Å². The number of unbranched alkanes of at least 4 members (excludes halogenated alkanes) is 1. The molecule has 0 spiro atoms. The molecule has 150 valence electrons. The van der Waals surface area contributed by atoms with E-state index < -0.39 is 6.10 Å². The van der Waals surface area contributed by atoms with E-state index in [2.05, 4.69) is 12.2 Å². The van der Waals surface area contributed by atoms with E-state index in [1.54, 1.807) is 36.4 Å². The standard InChI is InChI=1S/C24H24ClNO3/c1-2-3-14-29-20-11-7-10-18(15-20)24(28)26-22-13-12-19(25)16-21(22)23(27)17-8-5-4-6-9-17/h4-13,15-16,23,27H,2-3,14H2,1H3,(H,26,28)/t23-/m0/s1. The molecular formula is C24H24ClNO3. The average Bonchev–Trinajstić information content (AvgIpc) is 2.75. The Labute approximate surface area is 176 Å². The first-order valence-electron chi connectivity index (χ1n) is 9.65. The molecule has 3 aromatic rings. The van der Waals surface area contributed by atoms with E-state index in [-0.39, 0.29) is 5.91 Å². The number of hydrogen-bond donors (Lipinski definition) is 2. The zero-order chi connectivity index (χ0) is 20.6. The number of aliphatic hydroxyl groups excluding tert-OH is 1. The molecule has 5 heteroatoms. The number of amides is 1. The summed E-state index contributed by atoms with van der Waals surface area (Å²) in [6, 6.07) is 21.4. The molecule has 1 atom stereocenters. The molecule has 2 N–H and O–H groups in total. The fourth-order valence-electron chi connectivity index (χ4n) is 2.94. The van der Waals surface area contributed by atoms with E-state index in [0.717, 1.165) is 18.4 Å². The SMILES string of the molecule is CCCCOc1cccc(C(=O)Nc2ccc(Cl)cc2[C@@H](O)c2ccccc2)c1. The predicted octanol–water partition coefficient (Wildman–Crippen LogP) is 5.85. The zero-order valence-electron chi connectivity index (χ0n) is 16.3. The zero-order valence-corrected chi connectivity index (χ0v) is 17.0. The van der Waals surface area contributed by atoms with Crippen molar-refractivity contribution >= 4 is 23.2 Å². The molecule has 0 aliphatic carbocycles. The molecule has 0 fully saturated rings. The molecule has 0 aromatic heterocycles. The van der Waals surface area contributed by atoms with Gasteiger partial charge < -0.3 is 15.2 Å². The van der Waals surface area contributed by atoms with Gasteiger partial charge in [-0.05, 0) is 48.4 Å². The topological polar surface area (TPSA) is 58.6 Å². The number of nitrogens with one attached hydrogen (secondary N) is 1. The van der Waals surface area contributed by atoms with Crippen LogP contribution in [0.25, 0.3) is 0 Å². The lowest BCUT2D eigenvalue weighted by atomic mass is 9.99. The van der Waals surface area contributed by atoms with Gasteiger partial charge in [-0.2, -0.15) is 0 Å². The second kappa shape index (κ2) is 10.1. The van der Waals surface area contributed by atoms with Gasteiger partial charge in [0, 0.05) is 21.8 Å². The fourth-order valence-corrected chi connectivity index (χ4v) is 3.13. The van der Waals surface area contributed by atoms with Crippen LogP contribution in [0.3, 0.4) is 0 Å². The Morgan fingerprint density at radius 3 is 2.62 bits per heavy atom. The number of hydrogen-bond acceptors (Lipinski definition) is 3. The van der Waals surface area contributed by atoms with Crippen molar-refractivity contribution < 1.29 is 14.6 Å². The van der Waals surface area contributed by atoms with Crippen molar-refractivity contribution in [3.8, 4) is 5.75 Å². The molecule has 29 heavy (non-hydrogen) atoms. The van der Waals surface area contributed by atoms with Crippen molar-refractivity contribution in [2.75, 3.05) is 11.9 Å². The van der Waals surface area contributed by atoms with Crippen LogP contribution in [0.15, 0.2) is 72.8 Å². The van der Waals surface area contributed by atoms with Crippen molar-refractivity contribution in [1.82, 2.24) is 0 Å². The average molecular weight is 410 g/mol. The summed E-state index contributed by atoms with van der Waals surface area (Å²) in [6.07, 6.45) is 1.10. The smallest absolute Gasteiger partial charge is 0.255 e. The highest BCUT2D eigenvalue weighted by Gasteiger charge is 2.17. The first kappa shape index (κ1) is 20.9. The van der Waals surface area contributed by atoms with Crippen LogP contribution in [0.4, 0.5) is 5.69 Å². The van der Waals surface area contributed by atoms with Crippen LogP contribution in [0.2, 0.25) is 5.02 Å². The van der Waals surface area contributed by atoms with Crippen LogP contribution in [-0.2, 0) is 0 Å².